The zero-order valence-electron chi connectivity index (χ0n) is 15.3. The minimum absolute atomic E-state index is 0.367. The third-order valence-electron chi connectivity index (χ3n) is 3.97. The van der Waals surface area contributed by atoms with Crippen LogP contribution in [0.1, 0.15) is 41.3 Å². The summed E-state index contributed by atoms with van der Waals surface area (Å²) >= 11 is 0. The van der Waals surface area contributed by atoms with Gasteiger partial charge in [0.25, 0.3) is 5.91 Å². The fourth-order valence-electron chi connectivity index (χ4n) is 2.21. The molecule has 0 aliphatic carbocycles. The van der Waals surface area contributed by atoms with Crippen molar-refractivity contribution in [3.05, 3.63) is 65.2 Å². The lowest BCUT2D eigenvalue weighted by molar-refractivity contribution is 0.0955. The number of anilines is 1. The van der Waals surface area contributed by atoms with E-state index in [1.54, 1.807) is 30.5 Å². The number of hydrazone groups is 1. The number of hydrogen-bond donors (Lipinski definition) is 1. The summed E-state index contributed by atoms with van der Waals surface area (Å²) in [4.78, 5) is 12.1. The molecule has 7 heteroatoms. The van der Waals surface area contributed by atoms with Gasteiger partial charge in [-0.2, -0.15) is 5.10 Å². The van der Waals surface area contributed by atoms with E-state index in [2.05, 4.69) is 24.4 Å². The van der Waals surface area contributed by atoms with Crippen LogP contribution in [0.5, 0.6) is 0 Å². The monoisotopic (exact) mass is 373 g/mol. The summed E-state index contributed by atoms with van der Waals surface area (Å²) in [5.74, 6) is 0.0963. The molecule has 0 heterocycles. The first kappa shape index (κ1) is 19.7. The summed E-state index contributed by atoms with van der Waals surface area (Å²) in [6.07, 6.45) is 2.70. The SMILES string of the molecule is CC(C)c1ccc(/C=N\NC(=O)c2ccc(N(C)S(C)(=O)=O)cc2)cc1. The fraction of sp³-hybridized carbons (Fsp3) is 0.263. The van der Waals surface area contributed by atoms with Crippen LogP contribution in [0.15, 0.2) is 53.6 Å². The number of sulfonamides is 1. The molecular formula is C19H23N3O3S. The lowest BCUT2D eigenvalue weighted by Crippen LogP contribution is -2.25. The van der Waals surface area contributed by atoms with Crippen LogP contribution in [-0.4, -0.2) is 33.8 Å². The van der Waals surface area contributed by atoms with Crippen LogP contribution in [0.3, 0.4) is 0 Å². The van der Waals surface area contributed by atoms with E-state index in [0.717, 1.165) is 16.1 Å². The van der Waals surface area contributed by atoms with E-state index in [1.165, 1.54) is 12.6 Å². The molecule has 0 spiro atoms. The molecule has 0 aromatic heterocycles. The Balaban J connectivity index is 1.99. The highest BCUT2D eigenvalue weighted by atomic mass is 32.2. The molecule has 26 heavy (non-hydrogen) atoms. The number of benzene rings is 2. The maximum Gasteiger partial charge on any atom is 0.271 e. The molecule has 0 bridgehead atoms. The Labute approximate surface area is 154 Å². The summed E-state index contributed by atoms with van der Waals surface area (Å²) in [6, 6.07) is 14.2. The van der Waals surface area contributed by atoms with Gasteiger partial charge >= 0.3 is 0 Å². The second kappa shape index (κ2) is 8.14. The number of nitrogens with one attached hydrogen (secondary N) is 1. The standard InChI is InChI=1S/C19H23N3O3S/c1-14(2)16-7-5-15(6-8-16)13-20-21-19(23)17-9-11-18(12-10-17)22(3)26(4,24)25/h5-14H,1-4H3,(H,21,23)/b20-13-. The van der Waals surface area contributed by atoms with Gasteiger partial charge in [0.15, 0.2) is 0 Å². The van der Waals surface area contributed by atoms with Crippen LogP contribution in [0, 0.1) is 0 Å². The molecule has 2 aromatic carbocycles. The Morgan fingerprint density at radius 3 is 2.15 bits per heavy atom. The zero-order valence-corrected chi connectivity index (χ0v) is 16.1. The van der Waals surface area contributed by atoms with E-state index in [1.807, 2.05) is 24.3 Å². The van der Waals surface area contributed by atoms with Gasteiger partial charge < -0.3 is 0 Å². The molecule has 0 saturated carbocycles. The lowest BCUT2D eigenvalue weighted by Gasteiger charge is -2.16. The highest BCUT2D eigenvalue weighted by Crippen LogP contribution is 2.16. The number of rotatable bonds is 6. The smallest absolute Gasteiger partial charge is 0.271 e. The van der Waals surface area contributed by atoms with Crippen LogP contribution in [-0.2, 0) is 10.0 Å². The molecule has 2 rings (SSSR count). The van der Waals surface area contributed by atoms with E-state index < -0.39 is 10.0 Å². The van der Waals surface area contributed by atoms with Gasteiger partial charge in [0.1, 0.15) is 0 Å². The van der Waals surface area contributed by atoms with Gasteiger partial charge in [-0.3, -0.25) is 9.10 Å². The largest absolute Gasteiger partial charge is 0.274 e. The first-order chi connectivity index (χ1) is 12.2. The van der Waals surface area contributed by atoms with Gasteiger partial charge in [-0.15, -0.1) is 0 Å². The number of amides is 1. The van der Waals surface area contributed by atoms with Gasteiger partial charge in [0.05, 0.1) is 18.2 Å². The van der Waals surface area contributed by atoms with Crippen molar-refractivity contribution in [2.45, 2.75) is 19.8 Å². The minimum Gasteiger partial charge on any atom is -0.274 e. The first-order valence-corrected chi connectivity index (χ1v) is 10.0. The average Bonchev–Trinajstić information content (AvgIpc) is 2.60. The molecular weight excluding hydrogens is 350 g/mol. The van der Waals surface area contributed by atoms with Crippen LogP contribution in [0.25, 0.3) is 0 Å². The number of hydrogen-bond acceptors (Lipinski definition) is 4. The molecule has 138 valence electrons. The summed E-state index contributed by atoms with van der Waals surface area (Å²) in [5.41, 5.74) is 5.47. The third-order valence-corrected chi connectivity index (χ3v) is 5.18. The van der Waals surface area contributed by atoms with Crippen molar-refractivity contribution in [2.24, 2.45) is 5.10 Å². The predicted octanol–water partition coefficient (Wildman–Crippen LogP) is 2.97. The molecule has 0 saturated heterocycles. The normalized spacial score (nSPS) is 11.7. The average molecular weight is 373 g/mol. The van der Waals surface area contributed by atoms with E-state index in [9.17, 15) is 13.2 Å². The van der Waals surface area contributed by atoms with Gasteiger partial charge in [-0.05, 0) is 41.3 Å². The van der Waals surface area contributed by atoms with Crippen molar-refractivity contribution in [2.75, 3.05) is 17.6 Å². The Morgan fingerprint density at radius 1 is 1.08 bits per heavy atom. The van der Waals surface area contributed by atoms with Gasteiger partial charge in [-0.1, -0.05) is 38.1 Å². The van der Waals surface area contributed by atoms with Crippen LogP contribution < -0.4 is 9.73 Å². The maximum atomic E-state index is 12.1. The van der Waals surface area contributed by atoms with Gasteiger partial charge in [0.2, 0.25) is 10.0 Å². The highest BCUT2D eigenvalue weighted by molar-refractivity contribution is 7.92. The molecule has 0 aliphatic heterocycles. The lowest BCUT2D eigenvalue weighted by atomic mass is 10.0. The van der Waals surface area contributed by atoms with Crippen molar-refractivity contribution in [1.82, 2.24) is 5.43 Å². The summed E-state index contributed by atoms with van der Waals surface area (Å²) in [5, 5.41) is 3.96. The highest BCUT2D eigenvalue weighted by Gasteiger charge is 2.12. The molecule has 0 atom stereocenters. The van der Waals surface area contributed by atoms with Crippen molar-refractivity contribution in [3.8, 4) is 0 Å². The van der Waals surface area contributed by atoms with E-state index >= 15 is 0 Å². The van der Waals surface area contributed by atoms with Gasteiger partial charge in [0, 0.05) is 12.6 Å². The number of carbonyl (C=O) groups excluding carboxylic acids is 1. The van der Waals surface area contributed by atoms with E-state index in [0.29, 0.717) is 17.2 Å². The molecule has 0 fully saturated rings. The molecule has 1 amide bonds. The van der Waals surface area contributed by atoms with Crippen molar-refractivity contribution in [1.29, 1.82) is 0 Å². The zero-order chi connectivity index (χ0) is 19.3. The Morgan fingerprint density at radius 2 is 1.65 bits per heavy atom. The summed E-state index contributed by atoms with van der Waals surface area (Å²) in [7, 11) is -1.88. The minimum atomic E-state index is -3.33. The first-order valence-electron chi connectivity index (χ1n) is 8.16. The predicted molar refractivity (Wildman–Crippen MR) is 105 cm³/mol. The third kappa shape index (κ3) is 5.16. The number of carbonyl (C=O) groups is 1. The topological polar surface area (TPSA) is 78.8 Å². The Hall–Kier alpha value is -2.67. The molecule has 6 nitrogen and oxygen atoms in total. The Kier molecular flexibility index (Phi) is 6.15. The van der Waals surface area contributed by atoms with Crippen LogP contribution in [0.4, 0.5) is 5.69 Å². The molecule has 2 aromatic rings. The Bertz CT molecular complexity index is 887. The summed E-state index contributed by atoms with van der Waals surface area (Å²) < 4.78 is 24.2. The van der Waals surface area contributed by atoms with Crippen molar-refractivity contribution in [3.63, 3.8) is 0 Å². The second-order valence-electron chi connectivity index (χ2n) is 6.30. The van der Waals surface area contributed by atoms with E-state index in [4.69, 9.17) is 0 Å². The van der Waals surface area contributed by atoms with Gasteiger partial charge in [-0.25, -0.2) is 13.8 Å². The fourth-order valence-corrected chi connectivity index (χ4v) is 2.72. The molecule has 0 aliphatic rings. The van der Waals surface area contributed by atoms with Crippen molar-refractivity contribution >= 4 is 27.8 Å². The van der Waals surface area contributed by atoms with Crippen LogP contribution in [0.2, 0.25) is 0 Å². The van der Waals surface area contributed by atoms with Crippen LogP contribution >= 0.6 is 0 Å². The molecule has 1 N–H and O–H groups in total. The van der Waals surface area contributed by atoms with E-state index in [-0.39, 0.29) is 5.91 Å². The molecule has 0 unspecified atom stereocenters. The second-order valence-corrected chi connectivity index (χ2v) is 8.31. The van der Waals surface area contributed by atoms with Crippen molar-refractivity contribution < 1.29 is 13.2 Å². The summed E-state index contributed by atoms with van der Waals surface area (Å²) in [6.45, 7) is 4.25. The number of nitrogens with zero attached hydrogens (tertiary/aromatic N) is 2. The quantitative estimate of drug-likeness (QED) is 0.624. The molecule has 0 radical (unpaired) electrons. The maximum absolute atomic E-state index is 12.1.